The molecule has 26 heavy (non-hydrogen) atoms. The molecule has 1 fully saturated rings. The summed E-state index contributed by atoms with van der Waals surface area (Å²) in [5, 5.41) is 0. The molecule has 0 N–H and O–H groups in total. The smallest absolute Gasteiger partial charge is 0.316 e. The summed E-state index contributed by atoms with van der Waals surface area (Å²) in [7, 11) is 0. The van der Waals surface area contributed by atoms with Crippen LogP contribution in [0.3, 0.4) is 0 Å². The molecule has 0 spiro atoms. The van der Waals surface area contributed by atoms with Gasteiger partial charge in [-0.2, -0.15) is 0 Å². The third-order valence-electron chi connectivity index (χ3n) is 4.30. The van der Waals surface area contributed by atoms with E-state index in [0.717, 1.165) is 32.1 Å². The summed E-state index contributed by atoms with van der Waals surface area (Å²) >= 11 is 0. The summed E-state index contributed by atoms with van der Waals surface area (Å²) in [5.74, 6) is -1.53. The van der Waals surface area contributed by atoms with Crippen molar-refractivity contribution in [1.82, 2.24) is 0 Å². The molecule has 5 heteroatoms. The van der Waals surface area contributed by atoms with Gasteiger partial charge in [0.2, 0.25) is 0 Å². The molecule has 1 aliphatic rings. The molecule has 0 aromatic carbocycles. The number of allylic oxidation sites excluding steroid dienone is 4. The molecule has 0 amide bonds. The van der Waals surface area contributed by atoms with E-state index in [1.165, 1.54) is 11.1 Å². The molecule has 1 heterocycles. The molecular formula is C21H34O5. The van der Waals surface area contributed by atoms with Crippen LogP contribution in [0.1, 0.15) is 66.2 Å². The molecule has 1 rings (SSSR count). The zero-order chi connectivity index (χ0) is 19.4. The van der Waals surface area contributed by atoms with Crippen molar-refractivity contribution in [3.8, 4) is 0 Å². The van der Waals surface area contributed by atoms with Crippen molar-refractivity contribution in [2.45, 2.75) is 72.5 Å². The highest BCUT2D eigenvalue weighted by atomic mass is 16.7. The van der Waals surface area contributed by atoms with Crippen molar-refractivity contribution >= 4 is 11.8 Å². The van der Waals surface area contributed by atoms with Crippen LogP contribution >= 0.6 is 0 Å². The van der Waals surface area contributed by atoms with Gasteiger partial charge in [-0.25, -0.2) is 0 Å². The first-order valence-corrected chi connectivity index (χ1v) is 9.65. The van der Waals surface area contributed by atoms with Gasteiger partial charge in [-0.05, 0) is 66.2 Å². The number of Topliss-reactive ketones (excluding diaryl/α,β-unsaturated/α-hetero) is 1. The number of carbonyl (C=O) groups excluding carboxylic acids is 2. The van der Waals surface area contributed by atoms with Crippen LogP contribution in [0, 0.1) is 5.92 Å². The Morgan fingerprint density at radius 1 is 1.19 bits per heavy atom. The summed E-state index contributed by atoms with van der Waals surface area (Å²) in [6, 6.07) is 0. The van der Waals surface area contributed by atoms with Crippen LogP contribution in [0.5, 0.6) is 0 Å². The number of esters is 1. The van der Waals surface area contributed by atoms with Crippen molar-refractivity contribution in [3.63, 3.8) is 0 Å². The van der Waals surface area contributed by atoms with E-state index < -0.39 is 11.9 Å². The van der Waals surface area contributed by atoms with Crippen molar-refractivity contribution < 1.29 is 23.8 Å². The molecule has 1 saturated heterocycles. The van der Waals surface area contributed by atoms with E-state index >= 15 is 0 Å². The minimum Gasteiger partial charge on any atom is -0.465 e. The van der Waals surface area contributed by atoms with E-state index in [4.69, 9.17) is 14.2 Å². The fraction of sp³-hybridized carbons (Fsp3) is 0.714. The maximum Gasteiger partial charge on any atom is 0.316 e. The topological polar surface area (TPSA) is 61.8 Å². The molecule has 1 aliphatic heterocycles. The Hall–Kier alpha value is -1.46. The summed E-state index contributed by atoms with van der Waals surface area (Å²) in [5.41, 5.74) is 2.46. The largest absolute Gasteiger partial charge is 0.465 e. The minimum absolute atomic E-state index is 0.112. The highest BCUT2D eigenvalue weighted by Gasteiger charge is 2.28. The molecule has 0 saturated carbocycles. The van der Waals surface area contributed by atoms with Gasteiger partial charge in [-0.1, -0.05) is 23.3 Å². The lowest BCUT2D eigenvalue weighted by molar-refractivity contribution is -0.173. The van der Waals surface area contributed by atoms with Crippen LogP contribution in [0.4, 0.5) is 0 Å². The Morgan fingerprint density at radius 3 is 2.58 bits per heavy atom. The third kappa shape index (κ3) is 9.30. The minimum atomic E-state index is -0.808. The summed E-state index contributed by atoms with van der Waals surface area (Å²) in [4.78, 5) is 24.7. The number of ether oxygens (including phenoxy) is 3. The lowest BCUT2D eigenvalue weighted by Gasteiger charge is -2.23. The maximum absolute atomic E-state index is 12.5. The van der Waals surface area contributed by atoms with Crippen molar-refractivity contribution in [2.75, 3.05) is 19.8 Å². The van der Waals surface area contributed by atoms with Gasteiger partial charge in [0.15, 0.2) is 12.1 Å². The molecule has 2 unspecified atom stereocenters. The average molecular weight is 366 g/mol. The van der Waals surface area contributed by atoms with Gasteiger partial charge in [-0.15, -0.1) is 0 Å². The second-order valence-corrected chi connectivity index (χ2v) is 6.98. The molecule has 0 bridgehead atoms. The number of rotatable bonds is 11. The van der Waals surface area contributed by atoms with Gasteiger partial charge in [0.1, 0.15) is 12.5 Å². The predicted octanol–water partition coefficient (Wildman–Crippen LogP) is 4.36. The van der Waals surface area contributed by atoms with E-state index in [1.807, 2.05) is 13.0 Å². The molecule has 0 aromatic rings. The molecule has 148 valence electrons. The van der Waals surface area contributed by atoms with Gasteiger partial charge in [0, 0.05) is 6.61 Å². The first-order valence-electron chi connectivity index (χ1n) is 9.65. The number of ketones is 1. The monoisotopic (exact) mass is 366 g/mol. The predicted molar refractivity (Wildman–Crippen MR) is 102 cm³/mol. The van der Waals surface area contributed by atoms with E-state index in [0.29, 0.717) is 13.0 Å². The third-order valence-corrected chi connectivity index (χ3v) is 4.30. The van der Waals surface area contributed by atoms with Crippen molar-refractivity contribution in [3.05, 3.63) is 23.3 Å². The summed E-state index contributed by atoms with van der Waals surface area (Å²) in [6.07, 6.45) is 8.90. The number of hydrogen-bond acceptors (Lipinski definition) is 5. The zero-order valence-electron chi connectivity index (χ0n) is 16.7. The van der Waals surface area contributed by atoms with Gasteiger partial charge in [0.25, 0.3) is 0 Å². The van der Waals surface area contributed by atoms with Crippen LogP contribution in [-0.2, 0) is 23.8 Å². The van der Waals surface area contributed by atoms with Crippen LogP contribution in [0.2, 0.25) is 0 Å². The summed E-state index contributed by atoms with van der Waals surface area (Å²) in [6.45, 7) is 8.73. The van der Waals surface area contributed by atoms with E-state index in [9.17, 15) is 9.59 Å². The number of carbonyl (C=O) groups is 2. The van der Waals surface area contributed by atoms with E-state index in [-0.39, 0.29) is 25.3 Å². The SMILES string of the molecule is CCOC(=O)C(C/C=C(\C)CCC=C(C)C)C(=O)COC1CCCCO1. The highest BCUT2D eigenvalue weighted by molar-refractivity contribution is 5.99. The fourth-order valence-electron chi connectivity index (χ4n) is 2.73. The lowest BCUT2D eigenvalue weighted by atomic mass is 9.98. The molecule has 0 aliphatic carbocycles. The fourth-order valence-corrected chi connectivity index (χ4v) is 2.73. The maximum atomic E-state index is 12.5. The lowest BCUT2D eigenvalue weighted by Crippen LogP contribution is -2.32. The molecule has 0 aromatic heterocycles. The van der Waals surface area contributed by atoms with Gasteiger partial charge in [0.05, 0.1) is 6.61 Å². The Bertz CT molecular complexity index is 497. The average Bonchev–Trinajstić information content (AvgIpc) is 2.61. The van der Waals surface area contributed by atoms with E-state index in [1.54, 1.807) is 6.92 Å². The zero-order valence-corrected chi connectivity index (χ0v) is 16.7. The Kier molecular flexibility index (Phi) is 11.1. The molecule has 5 nitrogen and oxygen atoms in total. The number of hydrogen-bond donors (Lipinski definition) is 0. The highest BCUT2D eigenvalue weighted by Crippen LogP contribution is 2.17. The van der Waals surface area contributed by atoms with Crippen molar-refractivity contribution in [2.24, 2.45) is 5.92 Å². The molecular weight excluding hydrogens is 332 g/mol. The first kappa shape index (κ1) is 22.6. The first-order chi connectivity index (χ1) is 12.4. The quantitative estimate of drug-likeness (QED) is 0.309. The van der Waals surface area contributed by atoms with E-state index in [2.05, 4.69) is 19.9 Å². The van der Waals surface area contributed by atoms with Crippen LogP contribution < -0.4 is 0 Å². The van der Waals surface area contributed by atoms with Crippen LogP contribution in [0.15, 0.2) is 23.3 Å². The van der Waals surface area contributed by atoms with Crippen molar-refractivity contribution in [1.29, 1.82) is 0 Å². The summed E-state index contributed by atoms with van der Waals surface area (Å²) < 4.78 is 16.1. The normalized spacial score (nSPS) is 18.9. The van der Waals surface area contributed by atoms with Crippen LogP contribution in [-0.4, -0.2) is 37.9 Å². The Balaban J connectivity index is 2.57. The standard InChI is InChI=1S/C21H34O5/c1-5-24-21(23)18(13-12-17(4)10-8-9-16(2)3)19(22)15-26-20-11-6-7-14-25-20/h9,12,18,20H,5-8,10-11,13-15H2,1-4H3/b17-12+. The Morgan fingerprint density at radius 2 is 1.96 bits per heavy atom. The van der Waals surface area contributed by atoms with Crippen LogP contribution in [0.25, 0.3) is 0 Å². The van der Waals surface area contributed by atoms with Gasteiger partial charge >= 0.3 is 5.97 Å². The van der Waals surface area contributed by atoms with Gasteiger partial charge in [-0.3, -0.25) is 9.59 Å². The molecule has 2 atom stereocenters. The molecule has 0 radical (unpaired) electrons. The Labute approximate surface area is 157 Å². The van der Waals surface area contributed by atoms with Gasteiger partial charge < -0.3 is 14.2 Å². The second-order valence-electron chi connectivity index (χ2n) is 6.98. The second kappa shape index (κ2) is 12.8.